The van der Waals surface area contributed by atoms with E-state index in [1.165, 1.54) is 24.3 Å². The molecule has 6 nitrogen and oxygen atoms in total. The van der Waals surface area contributed by atoms with Gasteiger partial charge in [0.1, 0.15) is 17.1 Å². The highest BCUT2D eigenvalue weighted by Gasteiger charge is 2.30. The number of ether oxygens (including phenoxy) is 1. The van der Waals surface area contributed by atoms with Gasteiger partial charge in [-0.3, -0.25) is 4.79 Å². The number of nitrogens with zero attached hydrogens (tertiary/aromatic N) is 1. The smallest absolute Gasteiger partial charge is 0.344 e. The van der Waals surface area contributed by atoms with Crippen molar-refractivity contribution in [2.45, 2.75) is 51.7 Å². The monoisotopic (exact) mass is 360 g/mol. The van der Waals surface area contributed by atoms with Crippen LogP contribution in [0.1, 0.15) is 59.2 Å². The summed E-state index contributed by atoms with van der Waals surface area (Å²) in [5.74, 6) is -1.22. The SMILES string of the molecule is Cc1noc(C)c1C(=O)O[C@H](C(=O)NC1CCCC1)c1ccc(F)cc1. The van der Waals surface area contributed by atoms with E-state index in [0.717, 1.165) is 25.7 Å². The Morgan fingerprint density at radius 2 is 1.88 bits per heavy atom. The highest BCUT2D eigenvalue weighted by molar-refractivity contribution is 5.94. The van der Waals surface area contributed by atoms with Crippen LogP contribution in [0.4, 0.5) is 4.39 Å². The van der Waals surface area contributed by atoms with Gasteiger partial charge in [-0.1, -0.05) is 30.1 Å². The number of esters is 1. The van der Waals surface area contributed by atoms with Crippen molar-refractivity contribution in [3.63, 3.8) is 0 Å². The molecule has 0 unspecified atom stereocenters. The van der Waals surface area contributed by atoms with Gasteiger partial charge in [-0.25, -0.2) is 9.18 Å². The summed E-state index contributed by atoms with van der Waals surface area (Å²) in [5, 5.41) is 6.65. The molecule has 1 amide bonds. The van der Waals surface area contributed by atoms with E-state index in [1.807, 2.05) is 0 Å². The quantitative estimate of drug-likeness (QED) is 0.827. The van der Waals surface area contributed by atoms with E-state index in [-0.39, 0.29) is 11.6 Å². The number of amides is 1. The number of hydrogen-bond acceptors (Lipinski definition) is 5. The summed E-state index contributed by atoms with van der Waals surface area (Å²) in [5.41, 5.74) is 0.995. The van der Waals surface area contributed by atoms with E-state index in [1.54, 1.807) is 13.8 Å². The Balaban J connectivity index is 1.83. The summed E-state index contributed by atoms with van der Waals surface area (Å²) in [6.07, 6.45) is 2.76. The largest absolute Gasteiger partial charge is 0.444 e. The molecular weight excluding hydrogens is 339 g/mol. The lowest BCUT2D eigenvalue weighted by molar-refractivity contribution is -0.131. The lowest BCUT2D eigenvalue weighted by atomic mass is 10.1. The molecule has 7 heteroatoms. The van der Waals surface area contributed by atoms with Gasteiger partial charge in [-0.05, 0) is 38.8 Å². The number of carbonyl (C=O) groups excluding carboxylic acids is 2. The maximum absolute atomic E-state index is 13.2. The molecule has 1 saturated carbocycles. The maximum Gasteiger partial charge on any atom is 0.344 e. The molecule has 1 aromatic heterocycles. The fraction of sp³-hybridized carbons (Fsp3) is 0.421. The Labute approximate surface area is 150 Å². The average molecular weight is 360 g/mol. The zero-order chi connectivity index (χ0) is 18.7. The van der Waals surface area contributed by atoms with Crippen LogP contribution in [0.15, 0.2) is 28.8 Å². The summed E-state index contributed by atoms with van der Waals surface area (Å²) in [6.45, 7) is 3.22. The molecule has 0 aliphatic heterocycles. The van der Waals surface area contributed by atoms with Gasteiger partial charge in [0.2, 0.25) is 6.10 Å². The van der Waals surface area contributed by atoms with Crippen molar-refractivity contribution >= 4 is 11.9 Å². The van der Waals surface area contributed by atoms with E-state index >= 15 is 0 Å². The summed E-state index contributed by atoms with van der Waals surface area (Å²) < 4.78 is 23.7. The Kier molecular flexibility index (Phi) is 5.35. The van der Waals surface area contributed by atoms with Gasteiger partial charge >= 0.3 is 5.97 Å². The van der Waals surface area contributed by atoms with E-state index in [9.17, 15) is 14.0 Å². The third kappa shape index (κ3) is 3.92. The zero-order valence-electron chi connectivity index (χ0n) is 14.8. The van der Waals surface area contributed by atoms with Crippen LogP contribution in [0, 0.1) is 19.7 Å². The number of rotatable bonds is 5. The number of carbonyl (C=O) groups is 2. The first-order valence-electron chi connectivity index (χ1n) is 8.65. The minimum atomic E-state index is -1.17. The third-order valence-electron chi connectivity index (χ3n) is 4.57. The first-order chi connectivity index (χ1) is 12.5. The second-order valence-electron chi connectivity index (χ2n) is 6.53. The molecule has 1 aliphatic carbocycles. The lowest BCUT2D eigenvalue weighted by Gasteiger charge is -2.20. The van der Waals surface area contributed by atoms with E-state index < -0.39 is 23.8 Å². The van der Waals surface area contributed by atoms with Crippen LogP contribution in [0.5, 0.6) is 0 Å². The standard InChI is InChI=1S/C19H21FN2O4/c1-11-16(12(2)26-22-11)19(24)25-17(13-7-9-14(20)10-8-13)18(23)21-15-5-3-4-6-15/h7-10,15,17H,3-6H2,1-2H3,(H,21,23)/t17-/m0/s1. The van der Waals surface area contributed by atoms with Gasteiger partial charge in [-0.15, -0.1) is 0 Å². The van der Waals surface area contributed by atoms with Crippen molar-refractivity contribution in [3.8, 4) is 0 Å². The number of aromatic nitrogens is 1. The van der Waals surface area contributed by atoms with Crippen molar-refractivity contribution in [2.75, 3.05) is 0 Å². The third-order valence-corrected chi connectivity index (χ3v) is 4.57. The molecule has 1 heterocycles. The Bertz CT molecular complexity index is 775. The summed E-state index contributed by atoms with van der Waals surface area (Å²) in [6, 6.07) is 5.41. The molecule has 26 heavy (non-hydrogen) atoms. The van der Waals surface area contributed by atoms with Crippen LogP contribution in [0.2, 0.25) is 0 Å². The minimum absolute atomic E-state index is 0.0724. The highest BCUT2D eigenvalue weighted by Crippen LogP contribution is 2.24. The molecule has 0 saturated heterocycles. The predicted octanol–water partition coefficient (Wildman–Crippen LogP) is 3.39. The highest BCUT2D eigenvalue weighted by atomic mass is 19.1. The van der Waals surface area contributed by atoms with Crippen molar-refractivity contribution in [3.05, 3.63) is 52.7 Å². The van der Waals surface area contributed by atoms with Crippen LogP contribution in [-0.2, 0) is 9.53 Å². The molecule has 138 valence electrons. The van der Waals surface area contributed by atoms with E-state index in [4.69, 9.17) is 9.26 Å². The fourth-order valence-electron chi connectivity index (χ4n) is 3.20. The minimum Gasteiger partial charge on any atom is -0.444 e. The second-order valence-corrected chi connectivity index (χ2v) is 6.53. The van der Waals surface area contributed by atoms with Crippen LogP contribution < -0.4 is 5.32 Å². The van der Waals surface area contributed by atoms with Gasteiger partial charge in [0.05, 0.1) is 5.69 Å². The molecule has 0 radical (unpaired) electrons. The van der Waals surface area contributed by atoms with Gasteiger partial charge in [0, 0.05) is 11.6 Å². The van der Waals surface area contributed by atoms with Gasteiger partial charge in [-0.2, -0.15) is 0 Å². The fourth-order valence-corrected chi connectivity index (χ4v) is 3.20. The van der Waals surface area contributed by atoms with Gasteiger partial charge in [0.25, 0.3) is 5.91 Å². The first-order valence-corrected chi connectivity index (χ1v) is 8.65. The Morgan fingerprint density at radius 3 is 2.46 bits per heavy atom. The molecule has 2 aromatic rings. The summed E-state index contributed by atoms with van der Waals surface area (Å²) in [7, 11) is 0. The molecule has 1 aromatic carbocycles. The topological polar surface area (TPSA) is 81.4 Å². The summed E-state index contributed by atoms with van der Waals surface area (Å²) >= 11 is 0. The Morgan fingerprint density at radius 1 is 1.23 bits per heavy atom. The lowest BCUT2D eigenvalue weighted by Crippen LogP contribution is -2.38. The molecular formula is C19H21FN2O4. The zero-order valence-corrected chi connectivity index (χ0v) is 14.8. The van der Waals surface area contributed by atoms with Crippen molar-refractivity contribution < 1.29 is 23.2 Å². The van der Waals surface area contributed by atoms with Crippen LogP contribution in [-0.4, -0.2) is 23.1 Å². The number of hydrogen-bond donors (Lipinski definition) is 1. The number of aryl methyl sites for hydroxylation is 2. The number of nitrogens with one attached hydrogen (secondary N) is 1. The number of halogens is 1. The molecule has 0 bridgehead atoms. The first kappa shape index (κ1) is 18.1. The van der Waals surface area contributed by atoms with Crippen LogP contribution in [0.3, 0.4) is 0 Å². The molecule has 3 rings (SSSR count). The average Bonchev–Trinajstić information content (AvgIpc) is 3.23. The van der Waals surface area contributed by atoms with Crippen LogP contribution >= 0.6 is 0 Å². The van der Waals surface area contributed by atoms with Crippen molar-refractivity contribution in [1.82, 2.24) is 10.5 Å². The van der Waals surface area contributed by atoms with E-state index in [0.29, 0.717) is 17.0 Å². The molecule has 1 atom stereocenters. The maximum atomic E-state index is 13.2. The van der Waals surface area contributed by atoms with Crippen LogP contribution in [0.25, 0.3) is 0 Å². The second kappa shape index (κ2) is 7.68. The Hall–Kier alpha value is -2.70. The van der Waals surface area contributed by atoms with Crippen molar-refractivity contribution in [1.29, 1.82) is 0 Å². The van der Waals surface area contributed by atoms with E-state index in [2.05, 4.69) is 10.5 Å². The van der Waals surface area contributed by atoms with Crippen molar-refractivity contribution in [2.24, 2.45) is 0 Å². The van der Waals surface area contributed by atoms with Gasteiger partial charge in [0.15, 0.2) is 0 Å². The van der Waals surface area contributed by atoms with Gasteiger partial charge < -0.3 is 14.6 Å². The molecule has 1 aliphatic rings. The normalized spacial score (nSPS) is 15.7. The predicted molar refractivity (Wildman–Crippen MR) is 90.9 cm³/mol. The number of benzene rings is 1. The molecule has 0 spiro atoms. The summed E-state index contributed by atoms with van der Waals surface area (Å²) in [4.78, 5) is 25.3. The molecule has 1 fully saturated rings. The molecule has 1 N–H and O–H groups in total.